The summed E-state index contributed by atoms with van der Waals surface area (Å²) in [6.45, 7) is 4.53. The molecule has 2 N–H and O–H groups in total. The molecule has 12 nitrogen and oxygen atoms in total. The molecule has 0 bridgehead atoms. The Morgan fingerprint density at radius 3 is 2.55 bits per heavy atom. The first-order chi connectivity index (χ1) is 18.0. The smallest absolute Gasteiger partial charge is 0.281 e. The number of nitrogens with one attached hydrogen (secondary N) is 1. The van der Waals surface area contributed by atoms with Crippen molar-refractivity contribution in [3.63, 3.8) is 0 Å². The SMILES string of the molecule is CN(C)CC1CN(S(=O)(=O)N2CCC(Nc3ncc4cc(C#N)c(=O)n([C@@H]5CCC[C@@]5(C)O)c4n3)CC2)C1. The number of piperidine rings is 1. The van der Waals surface area contributed by atoms with Crippen LogP contribution in [0.25, 0.3) is 11.0 Å². The number of pyridine rings is 1. The Labute approximate surface area is 223 Å². The molecule has 0 spiro atoms. The highest BCUT2D eigenvalue weighted by atomic mass is 32.2. The topological polar surface area (TPSA) is 148 Å². The predicted octanol–water partition coefficient (Wildman–Crippen LogP) is 0.754. The third kappa shape index (κ3) is 5.03. The standard InChI is InChI=1S/C25H36N8O4S/c1-25(35)8-4-5-21(25)33-22-19(11-18(12-26)23(33)34)13-27-24(29-22)28-20-6-9-31(10-7-20)38(36,37)32-15-17(16-32)14-30(2)3/h11,13,17,20-21,35H,4-10,14-16H2,1-3H3,(H,27,28,29)/t21-,25-/m1/s1. The summed E-state index contributed by atoms with van der Waals surface area (Å²) in [6.07, 6.45) is 4.74. The van der Waals surface area contributed by atoms with Gasteiger partial charge in [-0.15, -0.1) is 0 Å². The van der Waals surface area contributed by atoms with Gasteiger partial charge in [0.2, 0.25) is 5.95 Å². The van der Waals surface area contributed by atoms with Gasteiger partial charge < -0.3 is 15.3 Å². The Hall–Kier alpha value is -2.63. The first-order valence-electron chi connectivity index (χ1n) is 13.2. The zero-order valence-corrected chi connectivity index (χ0v) is 23.0. The average molecular weight is 545 g/mol. The fraction of sp³-hybridized carbons (Fsp3) is 0.680. The molecule has 0 unspecified atom stereocenters. The number of fused-ring (bicyclic) bond motifs is 1. The van der Waals surface area contributed by atoms with Crippen LogP contribution >= 0.6 is 0 Å². The minimum absolute atomic E-state index is 0.00618. The zero-order valence-electron chi connectivity index (χ0n) is 22.2. The van der Waals surface area contributed by atoms with Gasteiger partial charge in [-0.3, -0.25) is 9.36 Å². The minimum atomic E-state index is -3.46. The summed E-state index contributed by atoms with van der Waals surface area (Å²) < 4.78 is 30.6. The van der Waals surface area contributed by atoms with Crippen molar-refractivity contribution >= 4 is 27.2 Å². The molecule has 0 radical (unpaired) electrons. The molecular formula is C25H36N8O4S. The van der Waals surface area contributed by atoms with Crippen molar-refractivity contribution in [1.29, 1.82) is 5.26 Å². The van der Waals surface area contributed by atoms with E-state index >= 15 is 0 Å². The maximum Gasteiger partial charge on any atom is 0.281 e. The molecule has 38 heavy (non-hydrogen) atoms. The summed E-state index contributed by atoms with van der Waals surface area (Å²) in [6, 6.07) is 2.94. The van der Waals surface area contributed by atoms with Gasteiger partial charge in [0.25, 0.3) is 15.8 Å². The molecule has 4 heterocycles. The molecule has 2 atom stereocenters. The number of nitriles is 1. The molecule has 3 aliphatic rings. The van der Waals surface area contributed by atoms with Gasteiger partial charge >= 0.3 is 0 Å². The molecule has 1 aliphatic carbocycles. The number of nitrogens with zero attached hydrogens (tertiary/aromatic N) is 7. The van der Waals surface area contributed by atoms with Crippen LogP contribution in [0.3, 0.4) is 0 Å². The van der Waals surface area contributed by atoms with Crippen LogP contribution in [-0.4, -0.2) is 100 Å². The number of hydrogen-bond donors (Lipinski definition) is 2. The van der Waals surface area contributed by atoms with Crippen LogP contribution in [0.5, 0.6) is 0 Å². The number of aliphatic hydroxyl groups is 1. The molecular weight excluding hydrogens is 508 g/mol. The number of rotatable bonds is 7. The van der Waals surface area contributed by atoms with Gasteiger partial charge in [0.1, 0.15) is 17.3 Å². The molecule has 0 amide bonds. The Balaban J connectivity index is 1.30. The van der Waals surface area contributed by atoms with Gasteiger partial charge in [-0.2, -0.15) is 27.3 Å². The van der Waals surface area contributed by atoms with Gasteiger partial charge in [0.05, 0.1) is 11.6 Å². The second-order valence-electron chi connectivity index (χ2n) is 11.4. The molecule has 2 aromatic rings. The van der Waals surface area contributed by atoms with Gasteiger partial charge in [0, 0.05) is 50.3 Å². The first kappa shape index (κ1) is 27.0. The van der Waals surface area contributed by atoms with E-state index in [0.717, 1.165) is 13.0 Å². The summed E-state index contributed by atoms with van der Waals surface area (Å²) in [5.74, 6) is 0.710. The molecule has 2 aliphatic heterocycles. The third-order valence-electron chi connectivity index (χ3n) is 8.07. The minimum Gasteiger partial charge on any atom is -0.388 e. The summed E-state index contributed by atoms with van der Waals surface area (Å²) in [7, 11) is 0.535. The molecule has 0 aromatic carbocycles. The lowest BCUT2D eigenvalue weighted by atomic mass is 9.99. The van der Waals surface area contributed by atoms with E-state index in [1.165, 1.54) is 10.6 Å². The Morgan fingerprint density at radius 1 is 1.24 bits per heavy atom. The highest BCUT2D eigenvalue weighted by Gasteiger charge is 2.41. The number of anilines is 1. The van der Waals surface area contributed by atoms with Crippen molar-refractivity contribution in [3.05, 3.63) is 28.2 Å². The Morgan fingerprint density at radius 2 is 1.95 bits per heavy atom. The number of aromatic nitrogens is 3. The summed E-state index contributed by atoms with van der Waals surface area (Å²) in [4.78, 5) is 24.3. The fourth-order valence-electron chi connectivity index (χ4n) is 6.02. The zero-order chi connectivity index (χ0) is 27.2. The van der Waals surface area contributed by atoms with Crippen LogP contribution in [0.1, 0.15) is 50.6 Å². The fourth-order valence-corrected chi connectivity index (χ4v) is 7.81. The number of hydrogen-bond acceptors (Lipinski definition) is 9. The average Bonchev–Trinajstić information content (AvgIpc) is 3.19. The highest BCUT2D eigenvalue weighted by molar-refractivity contribution is 7.86. The van der Waals surface area contributed by atoms with Gasteiger partial charge in [-0.25, -0.2) is 4.98 Å². The second-order valence-corrected chi connectivity index (χ2v) is 13.3. The molecule has 5 rings (SSSR count). The molecule has 3 fully saturated rings. The van der Waals surface area contributed by atoms with E-state index in [0.29, 0.717) is 74.8 Å². The van der Waals surface area contributed by atoms with Gasteiger partial charge in [-0.05, 0) is 65.1 Å². The largest absolute Gasteiger partial charge is 0.388 e. The van der Waals surface area contributed by atoms with E-state index in [9.17, 15) is 23.6 Å². The van der Waals surface area contributed by atoms with E-state index in [-0.39, 0.29) is 11.6 Å². The maximum atomic E-state index is 13.2. The van der Waals surface area contributed by atoms with Crippen molar-refractivity contribution in [3.8, 4) is 6.07 Å². The van der Waals surface area contributed by atoms with Crippen LogP contribution in [0.2, 0.25) is 0 Å². The molecule has 1 saturated carbocycles. The lowest BCUT2D eigenvalue weighted by molar-refractivity contribution is 0.0266. The monoisotopic (exact) mass is 544 g/mol. The van der Waals surface area contributed by atoms with Gasteiger partial charge in [0.15, 0.2) is 0 Å². The molecule has 206 valence electrons. The van der Waals surface area contributed by atoms with Gasteiger partial charge in [-0.1, -0.05) is 0 Å². The van der Waals surface area contributed by atoms with E-state index < -0.39 is 27.4 Å². The van der Waals surface area contributed by atoms with Crippen LogP contribution in [0.4, 0.5) is 5.95 Å². The van der Waals surface area contributed by atoms with Crippen LogP contribution in [0, 0.1) is 17.2 Å². The third-order valence-corrected chi connectivity index (χ3v) is 10.0. The predicted molar refractivity (Wildman–Crippen MR) is 143 cm³/mol. The lowest BCUT2D eigenvalue weighted by Crippen LogP contribution is -2.58. The van der Waals surface area contributed by atoms with Crippen molar-refractivity contribution in [1.82, 2.24) is 28.0 Å². The Kier molecular flexibility index (Phi) is 7.21. The van der Waals surface area contributed by atoms with Crippen molar-refractivity contribution < 1.29 is 13.5 Å². The Bertz CT molecular complexity index is 1400. The summed E-state index contributed by atoms with van der Waals surface area (Å²) >= 11 is 0. The van der Waals surface area contributed by atoms with Crippen LogP contribution < -0.4 is 10.9 Å². The summed E-state index contributed by atoms with van der Waals surface area (Å²) in [5.41, 5.74) is -1.17. The van der Waals surface area contributed by atoms with Crippen LogP contribution in [-0.2, 0) is 10.2 Å². The lowest BCUT2D eigenvalue weighted by Gasteiger charge is -2.43. The van der Waals surface area contributed by atoms with Crippen molar-refractivity contribution in [2.45, 2.75) is 56.7 Å². The van der Waals surface area contributed by atoms with Crippen molar-refractivity contribution in [2.24, 2.45) is 5.92 Å². The second kappa shape index (κ2) is 10.2. The molecule has 13 heteroatoms. The normalized spacial score (nSPS) is 26.1. The van der Waals surface area contributed by atoms with Crippen molar-refractivity contribution in [2.75, 3.05) is 52.1 Å². The maximum absolute atomic E-state index is 13.2. The molecule has 2 saturated heterocycles. The van der Waals surface area contributed by atoms with E-state index in [1.54, 1.807) is 21.7 Å². The van der Waals surface area contributed by atoms with E-state index in [1.807, 2.05) is 20.2 Å². The van der Waals surface area contributed by atoms with E-state index in [2.05, 4.69) is 20.2 Å². The first-order valence-corrected chi connectivity index (χ1v) is 14.6. The summed E-state index contributed by atoms with van der Waals surface area (Å²) in [5, 5.41) is 24.3. The van der Waals surface area contributed by atoms with E-state index in [4.69, 9.17) is 0 Å². The van der Waals surface area contributed by atoms with Crippen LogP contribution in [0.15, 0.2) is 17.1 Å². The quantitative estimate of drug-likeness (QED) is 0.515. The molecule has 2 aromatic heterocycles. The highest BCUT2D eigenvalue weighted by Crippen LogP contribution is 2.39.